The fraction of sp³-hybridized carbons (Fsp3) is 0.300. The van der Waals surface area contributed by atoms with Gasteiger partial charge in [0.1, 0.15) is 0 Å². The SMILES string of the molecule is O=C(COc1ccccc1F)O[C@H](C(=O)N1CCOCC1)c1ccccc1. The Labute approximate surface area is 156 Å². The van der Waals surface area contributed by atoms with Crippen molar-refractivity contribution in [3.05, 3.63) is 66.0 Å². The van der Waals surface area contributed by atoms with Gasteiger partial charge in [0.2, 0.25) is 6.10 Å². The molecule has 0 bridgehead atoms. The molecule has 0 saturated carbocycles. The molecular formula is C20H20FNO5. The molecule has 2 aromatic rings. The molecule has 1 aliphatic heterocycles. The lowest BCUT2D eigenvalue weighted by atomic mass is 10.1. The number of halogens is 1. The first-order valence-corrected chi connectivity index (χ1v) is 8.63. The summed E-state index contributed by atoms with van der Waals surface area (Å²) < 4.78 is 29.4. The van der Waals surface area contributed by atoms with Gasteiger partial charge in [-0.1, -0.05) is 42.5 Å². The average molecular weight is 373 g/mol. The quantitative estimate of drug-likeness (QED) is 0.728. The molecule has 1 saturated heterocycles. The molecular weight excluding hydrogens is 353 g/mol. The molecule has 1 aliphatic rings. The average Bonchev–Trinajstić information content (AvgIpc) is 2.72. The Hall–Kier alpha value is -2.93. The third kappa shape index (κ3) is 5.04. The Kier molecular flexibility index (Phi) is 6.38. The van der Waals surface area contributed by atoms with Crippen LogP contribution < -0.4 is 4.74 Å². The fourth-order valence-electron chi connectivity index (χ4n) is 2.70. The van der Waals surface area contributed by atoms with Crippen LogP contribution in [-0.4, -0.2) is 49.7 Å². The van der Waals surface area contributed by atoms with E-state index in [9.17, 15) is 14.0 Å². The molecule has 6 nitrogen and oxygen atoms in total. The molecule has 2 aromatic carbocycles. The highest BCUT2D eigenvalue weighted by atomic mass is 19.1. The van der Waals surface area contributed by atoms with Crippen molar-refractivity contribution in [3.8, 4) is 5.75 Å². The number of carbonyl (C=O) groups excluding carboxylic acids is 2. The summed E-state index contributed by atoms with van der Waals surface area (Å²) in [5, 5.41) is 0. The first-order chi connectivity index (χ1) is 13.1. The number of amides is 1. The number of esters is 1. The maximum absolute atomic E-state index is 13.6. The molecule has 0 unspecified atom stereocenters. The van der Waals surface area contributed by atoms with Crippen LogP contribution in [0.25, 0.3) is 0 Å². The summed E-state index contributed by atoms with van der Waals surface area (Å²) in [6.45, 7) is 1.26. The summed E-state index contributed by atoms with van der Waals surface area (Å²) in [5.74, 6) is -1.70. The third-order valence-electron chi connectivity index (χ3n) is 4.08. The summed E-state index contributed by atoms with van der Waals surface area (Å²) in [5.41, 5.74) is 0.563. The molecule has 0 N–H and O–H groups in total. The molecule has 7 heteroatoms. The maximum atomic E-state index is 13.6. The number of hydrogen-bond donors (Lipinski definition) is 0. The Bertz CT molecular complexity index is 777. The normalized spacial score (nSPS) is 15.1. The maximum Gasteiger partial charge on any atom is 0.345 e. The molecule has 1 heterocycles. The van der Waals surface area contributed by atoms with E-state index in [2.05, 4.69) is 0 Å². The summed E-state index contributed by atoms with van der Waals surface area (Å²) in [6, 6.07) is 14.5. The van der Waals surface area contributed by atoms with Crippen molar-refractivity contribution in [1.29, 1.82) is 0 Å². The van der Waals surface area contributed by atoms with Crippen molar-refractivity contribution in [2.75, 3.05) is 32.9 Å². The monoisotopic (exact) mass is 373 g/mol. The predicted molar refractivity (Wildman–Crippen MR) is 94.6 cm³/mol. The molecule has 1 fully saturated rings. The first kappa shape index (κ1) is 18.8. The lowest BCUT2D eigenvalue weighted by Crippen LogP contribution is -2.44. The zero-order valence-electron chi connectivity index (χ0n) is 14.7. The summed E-state index contributed by atoms with van der Waals surface area (Å²) in [7, 11) is 0. The van der Waals surface area contributed by atoms with E-state index in [4.69, 9.17) is 14.2 Å². The second kappa shape index (κ2) is 9.14. The highest BCUT2D eigenvalue weighted by molar-refractivity contribution is 5.85. The topological polar surface area (TPSA) is 65.1 Å². The van der Waals surface area contributed by atoms with Gasteiger partial charge in [-0.05, 0) is 12.1 Å². The van der Waals surface area contributed by atoms with Crippen LogP contribution in [0.5, 0.6) is 5.75 Å². The highest BCUT2D eigenvalue weighted by Gasteiger charge is 2.30. The van der Waals surface area contributed by atoms with Crippen molar-refractivity contribution in [3.63, 3.8) is 0 Å². The van der Waals surface area contributed by atoms with Crippen molar-refractivity contribution in [2.45, 2.75) is 6.10 Å². The number of benzene rings is 2. The summed E-state index contributed by atoms with van der Waals surface area (Å²) >= 11 is 0. The molecule has 0 spiro atoms. The minimum atomic E-state index is -1.08. The van der Waals surface area contributed by atoms with Gasteiger partial charge in [0.05, 0.1) is 13.2 Å². The first-order valence-electron chi connectivity index (χ1n) is 8.63. The van der Waals surface area contributed by atoms with Crippen LogP contribution in [0.1, 0.15) is 11.7 Å². The highest BCUT2D eigenvalue weighted by Crippen LogP contribution is 2.22. The third-order valence-corrected chi connectivity index (χ3v) is 4.08. The van der Waals surface area contributed by atoms with Crippen LogP contribution in [0.3, 0.4) is 0 Å². The minimum Gasteiger partial charge on any atom is -0.479 e. The lowest BCUT2D eigenvalue weighted by Gasteiger charge is -2.30. The largest absolute Gasteiger partial charge is 0.479 e. The van der Waals surface area contributed by atoms with Gasteiger partial charge in [0.15, 0.2) is 18.2 Å². The number of para-hydroxylation sites is 1. The van der Waals surface area contributed by atoms with Crippen LogP contribution in [-0.2, 0) is 19.1 Å². The van der Waals surface area contributed by atoms with E-state index in [-0.39, 0.29) is 11.7 Å². The van der Waals surface area contributed by atoms with Crippen LogP contribution in [0, 0.1) is 5.82 Å². The van der Waals surface area contributed by atoms with Crippen LogP contribution in [0.4, 0.5) is 4.39 Å². The van der Waals surface area contributed by atoms with Crippen molar-refractivity contribution in [2.24, 2.45) is 0 Å². The zero-order valence-corrected chi connectivity index (χ0v) is 14.7. The summed E-state index contributed by atoms with van der Waals surface area (Å²) in [6.07, 6.45) is -1.08. The Morgan fingerprint density at radius 3 is 2.41 bits per heavy atom. The van der Waals surface area contributed by atoms with E-state index in [1.54, 1.807) is 35.2 Å². The Balaban J connectivity index is 1.68. The van der Waals surface area contributed by atoms with Crippen molar-refractivity contribution < 1.29 is 28.2 Å². The van der Waals surface area contributed by atoms with Gasteiger partial charge in [0, 0.05) is 18.7 Å². The van der Waals surface area contributed by atoms with Crippen LogP contribution in [0.15, 0.2) is 54.6 Å². The van der Waals surface area contributed by atoms with Crippen LogP contribution in [0.2, 0.25) is 0 Å². The number of nitrogens with zero attached hydrogens (tertiary/aromatic N) is 1. The second-order valence-electron chi connectivity index (χ2n) is 5.94. The number of carbonyl (C=O) groups is 2. The van der Waals surface area contributed by atoms with Gasteiger partial charge in [-0.2, -0.15) is 0 Å². The molecule has 0 radical (unpaired) electrons. The lowest BCUT2D eigenvalue weighted by molar-refractivity contribution is -0.164. The van der Waals surface area contributed by atoms with Gasteiger partial charge in [0.25, 0.3) is 5.91 Å². The predicted octanol–water partition coefficient (Wildman–Crippen LogP) is 2.35. The molecule has 3 rings (SSSR count). The molecule has 1 amide bonds. The number of ether oxygens (including phenoxy) is 3. The van der Waals surface area contributed by atoms with Gasteiger partial charge in [-0.3, -0.25) is 4.79 Å². The Morgan fingerprint density at radius 1 is 1.04 bits per heavy atom. The van der Waals surface area contributed by atoms with Gasteiger partial charge in [-0.25, -0.2) is 9.18 Å². The van der Waals surface area contributed by atoms with E-state index in [1.165, 1.54) is 18.2 Å². The Morgan fingerprint density at radius 2 is 1.70 bits per heavy atom. The molecule has 0 aliphatic carbocycles. The molecule has 0 aromatic heterocycles. The van der Waals surface area contributed by atoms with Gasteiger partial charge < -0.3 is 19.1 Å². The van der Waals surface area contributed by atoms with E-state index >= 15 is 0 Å². The minimum absolute atomic E-state index is 0.0507. The van der Waals surface area contributed by atoms with E-state index in [1.807, 2.05) is 6.07 Å². The molecule has 27 heavy (non-hydrogen) atoms. The summed E-state index contributed by atoms with van der Waals surface area (Å²) in [4.78, 5) is 26.7. The van der Waals surface area contributed by atoms with E-state index in [0.717, 1.165) is 0 Å². The second-order valence-corrected chi connectivity index (χ2v) is 5.94. The number of morpholine rings is 1. The van der Waals surface area contributed by atoms with E-state index < -0.39 is 24.5 Å². The van der Waals surface area contributed by atoms with E-state index in [0.29, 0.717) is 31.9 Å². The zero-order chi connectivity index (χ0) is 19.1. The van der Waals surface area contributed by atoms with Crippen molar-refractivity contribution >= 4 is 11.9 Å². The number of rotatable bonds is 6. The standard InChI is InChI=1S/C20H20FNO5/c21-16-8-4-5-9-17(16)26-14-18(23)27-19(15-6-2-1-3-7-15)20(24)22-10-12-25-13-11-22/h1-9,19H,10-14H2/t19-/m0/s1. The van der Waals surface area contributed by atoms with Gasteiger partial charge in [-0.15, -0.1) is 0 Å². The fourth-order valence-corrected chi connectivity index (χ4v) is 2.70. The van der Waals surface area contributed by atoms with Crippen molar-refractivity contribution in [1.82, 2.24) is 4.90 Å². The smallest absolute Gasteiger partial charge is 0.345 e. The van der Waals surface area contributed by atoms with Crippen LogP contribution >= 0.6 is 0 Å². The molecule has 142 valence electrons. The molecule has 1 atom stereocenters. The van der Waals surface area contributed by atoms with Gasteiger partial charge >= 0.3 is 5.97 Å². The number of hydrogen-bond acceptors (Lipinski definition) is 5.